The highest BCUT2D eigenvalue weighted by molar-refractivity contribution is 9.09. The summed E-state index contributed by atoms with van der Waals surface area (Å²) in [7, 11) is -1.89. The van der Waals surface area contributed by atoms with Gasteiger partial charge in [0.1, 0.15) is 30.5 Å². The van der Waals surface area contributed by atoms with E-state index in [4.69, 9.17) is 42.3 Å². The molecule has 9 saturated heterocycles. The fourth-order valence-electron chi connectivity index (χ4n) is 11.8. The number of ether oxygens (including phenoxy) is 8. The first kappa shape index (κ1) is 48.3. The van der Waals surface area contributed by atoms with Crippen LogP contribution in [-0.2, 0) is 47.1 Å². The zero-order valence-corrected chi connectivity index (χ0v) is 42.7. The van der Waals surface area contributed by atoms with Crippen LogP contribution in [0.25, 0.3) is 0 Å². The lowest BCUT2D eigenvalue weighted by Gasteiger charge is -2.47. The molecule has 0 amide bonds. The van der Waals surface area contributed by atoms with Crippen LogP contribution in [0.4, 0.5) is 0 Å². The minimum Gasteiger partial charge on any atom is -0.414 e. The smallest absolute Gasteiger partial charge is 0.192 e. The molecule has 0 radical (unpaired) electrons. The molecule has 6 bridgehead atoms. The summed E-state index contributed by atoms with van der Waals surface area (Å²) in [5, 5.41) is 1.28. The second kappa shape index (κ2) is 19.4. The molecule has 10 nitrogen and oxygen atoms in total. The van der Waals surface area contributed by atoms with E-state index in [1.807, 2.05) is 6.92 Å². The topological polar surface area (TPSA) is 100 Å². The molecule has 9 fully saturated rings. The summed E-state index contributed by atoms with van der Waals surface area (Å²) in [4.78, 5) is 12.5. The molecule has 0 aromatic carbocycles. The predicted octanol–water partition coefficient (Wildman–Crippen LogP) is 10.2. The van der Waals surface area contributed by atoms with Crippen LogP contribution in [0.15, 0.2) is 24.3 Å². The Kier molecular flexibility index (Phi) is 15.1. The fourth-order valence-corrected chi connectivity index (χ4v) is 14.9. The molecular formula is C49H79BrO10SSi. The molecule has 13 heteroatoms. The van der Waals surface area contributed by atoms with Crippen molar-refractivity contribution in [2.24, 2.45) is 17.8 Å². The van der Waals surface area contributed by atoms with Crippen molar-refractivity contribution in [3.8, 4) is 0 Å². The van der Waals surface area contributed by atoms with Crippen molar-refractivity contribution in [3.63, 3.8) is 0 Å². The van der Waals surface area contributed by atoms with E-state index in [1.165, 1.54) is 22.9 Å². The van der Waals surface area contributed by atoms with Gasteiger partial charge in [-0.15, -0.1) is 0 Å². The van der Waals surface area contributed by atoms with Gasteiger partial charge in [0, 0.05) is 37.1 Å². The predicted molar refractivity (Wildman–Crippen MR) is 249 cm³/mol. The summed E-state index contributed by atoms with van der Waals surface area (Å²) >= 11 is 5.25. The van der Waals surface area contributed by atoms with Gasteiger partial charge in [0.15, 0.2) is 19.2 Å². The summed E-state index contributed by atoms with van der Waals surface area (Å²) in [6.07, 6.45) is 10.1. The molecule has 9 rings (SSSR count). The molecular weight excluding hydrogens is 889 g/mol. The van der Waals surface area contributed by atoms with E-state index in [0.29, 0.717) is 37.0 Å². The maximum atomic E-state index is 12.5. The van der Waals surface area contributed by atoms with Gasteiger partial charge in [0.25, 0.3) is 0 Å². The molecule has 0 spiro atoms. The summed E-state index contributed by atoms with van der Waals surface area (Å²) in [5.41, 5.74) is 2.37. The molecule has 5 unspecified atom stereocenters. The lowest BCUT2D eigenvalue weighted by atomic mass is 9.82. The third kappa shape index (κ3) is 10.0. The Labute approximate surface area is 387 Å². The van der Waals surface area contributed by atoms with Gasteiger partial charge in [-0.1, -0.05) is 89.3 Å². The molecule has 0 N–H and O–H groups in total. The van der Waals surface area contributed by atoms with E-state index in [9.17, 15) is 4.79 Å². The van der Waals surface area contributed by atoms with Gasteiger partial charge in [-0.25, -0.2) is 0 Å². The second-order valence-corrected chi connectivity index (χ2v) is 28.5. The summed E-state index contributed by atoms with van der Waals surface area (Å²) < 4.78 is 61.3. The second-order valence-electron chi connectivity index (χ2n) is 21.8. The number of carbonyl (C=O) groups excluding carboxylic acids is 1. The Morgan fingerprint density at radius 3 is 2.32 bits per heavy atom. The molecule has 0 saturated carbocycles. The Balaban J connectivity index is 0.828. The van der Waals surface area contributed by atoms with Crippen molar-refractivity contribution in [1.82, 2.24) is 0 Å². The number of rotatable bonds is 17. The summed E-state index contributed by atoms with van der Waals surface area (Å²) in [6, 6.07) is 0. The van der Waals surface area contributed by atoms with Crippen LogP contribution in [0.5, 0.6) is 0 Å². The Bertz CT molecular complexity index is 1610. The highest BCUT2D eigenvalue weighted by Crippen LogP contribution is 2.54. The van der Waals surface area contributed by atoms with Gasteiger partial charge in [-0.2, -0.15) is 0 Å². The molecule has 352 valence electrons. The third-order valence-electron chi connectivity index (χ3n) is 16.6. The number of alkyl halides is 1. The average Bonchev–Trinajstić information content (AvgIpc) is 3.88. The quantitative estimate of drug-likeness (QED) is 0.0792. The van der Waals surface area contributed by atoms with Crippen LogP contribution in [0.3, 0.4) is 0 Å². The summed E-state index contributed by atoms with van der Waals surface area (Å²) in [6.45, 7) is 29.7. The first-order valence-electron chi connectivity index (χ1n) is 24.5. The van der Waals surface area contributed by atoms with Crippen LogP contribution >= 0.6 is 27.7 Å². The number of fused-ring (bicyclic) bond motifs is 1. The number of thioether (sulfide) groups is 1. The van der Waals surface area contributed by atoms with Gasteiger partial charge in [-0.3, -0.25) is 4.79 Å². The number of carbonyl (C=O) groups is 1. The number of hydrogen-bond acceptors (Lipinski definition) is 11. The van der Waals surface area contributed by atoms with Crippen molar-refractivity contribution in [1.29, 1.82) is 0 Å². The highest BCUT2D eigenvalue weighted by Gasteiger charge is 2.68. The Morgan fingerprint density at radius 1 is 0.871 bits per heavy atom. The van der Waals surface area contributed by atoms with Crippen LogP contribution in [0.1, 0.15) is 132 Å². The maximum Gasteiger partial charge on any atom is 0.192 e. The number of halogens is 1. The van der Waals surface area contributed by atoms with Gasteiger partial charge in [0.05, 0.1) is 54.9 Å². The van der Waals surface area contributed by atoms with E-state index in [0.717, 1.165) is 75.3 Å². The van der Waals surface area contributed by atoms with Gasteiger partial charge >= 0.3 is 0 Å². The molecule has 9 aliphatic heterocycles. The zero-order valence-electron chi connectivity index (χ0n) is 39.3. The largest absolute Gasteiger partial charge is 0.414 e. The lowest BCUT2D eigenvalue weighted by Crippen LogP contribution is -2.61. The van der Waals surface area contributed by atoms with Crippen LogP contribution < -0.4 is 0 Å². The first-order valence-corrected chi connectivity index (χ1v) is 29.5. The Hall–Kier alpha value is -0.163. The van der Waals surface area contributed by atoms with E-state index in [-0.39, 0.29) is 102 Å². The summed E-state index contributed by atoms with van der Waals surface area (Å²) in [5.74, 6) is 1.25. The van der Waals surface area contributed by atoms with Gasteiger partial charge < -0.3 is 42.3 Å². The minimum atomic E-state index is -1.89. The Morgan fingerprint density at radius 2 is 1.60 bits per heavy atom. The first-order chi connectivity index (χ1) is 29.4. The van der Waals surface area contributed by atoms with E-state index in [1.54, 1.807) is 0 Å². The van der Waals surface area contributed by atoms with Crippen molar-refractivity contribution < 1.29 is 47.1 Å². The molecule has 19 atom stereocenters. The minimum absolute atomic E-state index is 0.00977. The van der Waals surface area contributed by atoms with Crippen molar-refractivity contribution in [2.45, 2.75) is 247 Å². The molecule has 9 heterocycles. The van der Waals surface area contributed by atoms with E-state index >= 15 is 0 Å². The molecule has 62 heavy (non-hydrogen) atoms. The lowest BCUT2D eigenvalue weighted by molar-refractivity contribution is -0.292. The molecule has 9 aliphatic rings. The van der Waals surface area contributed by atoms with Crippen molar-refractivity contribution in [3.05, 3.63) is 24.3 Å². The van der Waals surface area contributed by atoms with Crippen molar-refractivity contribution >= 4 is 41.1 Å². The van der Waals surface area contributed by atoms with E-state index < -0.39 is 14.1 Å². The maximum absolute atomic E-state index is 12.5. The zero-order chi connectivity index (χ0) is 44.3. The number of hydrogen-bond donors (Lipinski definition) is 0. The van der Waals surface area contributed by atoms with Crippen LogP contribution in [-0.4, -0.2) is 122 Å². The van der Waals surface area contributed by atoms with Gasteiger partial charge in [-0.05, 0) is 111 Å². The highest BCUT2D eigenvalue weighted by atomic mass is 79.9. The third-order valence-corrected chi connectivity index (χ3v) is 22.6. The van der Waals surface area contributed by atoms with E-state index in [2.05, 4.69) is 83.7 Å². The van der Waals surface area contributed by atoms with Crippen LogP contribution in [0.2, 0.25) is 18.1 Å². The SMILES string of the molecule is C=C1C[C@H](CCC23CC4O[C@@H]5C(O[C@H]6CC[C@H](CC(=O)SCC)O[C@@H]6[C@@H]5O2)[C@@H]4O3)OC1CC[C@H]1C[C@@H](C)C(=C)C(C[C@@H]2O[C@H](C[C@@H](CC)O[Si](C)(C)C(C)(C)C)[C@H](C)[C@H]2CBr)O1. The average molecular weight is 968 g/mol. The van der Waals surface area contributed by atoms with Crippen LogP contribution in [0, 0.1) is 17.8 Å². The normalized spacial score (nSPS) is 44.5. The molecule has 0 aromatic heterocycles. The standard InChI is InChI=1S/C49H79BrO10SSi/c1-12-31(60-62(10,11)48(7,8)9)22-38-30(6)35(26-50)40(55-38)24-39-29(5)27(3)20-32(53-39)14-16-36-28(4)21-34(52-36)18-19-49-25-41-44(58-49)45-46(57-41)47(59-49)43-37(56-45)17-15-33(54-43)23-42(51)61-13-2/h27,30-41,43-47H,4-5,12-26H2,1-3,6-11H3/t27-,30-,31-,32+,33-,34+,35-,36?,37+,38-,39?,40+,41?,43+,44-,45?,46-,47+,49?/m1/s1. The molecule has 0 aliphatic carbocycles. The van der Waals surface area contributed by atoms with Gasteiger partial charge in [0.2, 0.25) is 0 Å². The fraction of sp³-hybridized carbons (Fsp3) is 0.898. The molecule has 0 aromatic rings. The van der Waals surface area contributed by atoms with Crippen molar-refractivity contribution in [2.75, 3.05) is 11.1 Å². The monoisotopic (exact) mass is 966 g/mol.